The zero-order chi connectivity index (χ0) is 12.2. The third kappa shape index (κ3) is 2.16. The second-order valence-corrected chi connectivity index (χ2v) is 4.09. The molecule has 1 radical (unpaired) electrons. The fourth-order valence-electron chi connectivity index (χ4n) is 1.96. The van der Waals surface area contributed by atoms with Crippen molar-refractivity contribution in [3.05, 3.63) is 79.0 Å². The topological polar surface area (TPSA) is 12.9 Å². The van der Waals surface area contributed by atoms with Crippen molar-refractivity contribution in [2.24, 2.45) is 0 Å². The summed E-state index contributed by atoms with van der Waals surface area (Å²) in [7, 11) is 0. The van der Waals surface area contributed by atoms with Gasteiger partial charge in [0.25, 0.3) is 0 Å². The SMILES string of the molecule is [c]1cccc(-c2cccc(-c3ccccn3)c2)c1. The van der Waals surface area contributed by atoms with Crippen molar-refractivity contribution in [3.8, 4) is 22.4 Å². The average Bonchev–Trinajstić information content (AvgIpc) is 2.49. The minimum Gasteiger partial charge on any atom is -0.256 e. The van der Waals surface area contributed by atoms with E-state index in [0.717, 1.165) is 11.3 Å². The molecule has 1 nitrogen and oxygen atoms in total. The number of pyridine rings is 1. The molecule has 0 saturated carbocycles. The van der Waals surface area contributed by atoms with Crippen LogP contribution in [0.15, 0.2) is 72.9 Å². The smallest absolute Gasteiger partial charge is 0.0702 e. The molecule has 85 valence electrons. The first-order chi connectivity index (χ1) is 8.93. The molecular formula is C17H12N. The summed E-state index contributed by atoms with van der Waals surface area (Å²) in [5.41, 5.74) is 4.50. The Morgan fingerprint density at radius 3 is 2.44 bits per heavy atom. The predicted molar refractivity (Wildman–Crippen MR) is 73.9 cm³/mol. The third-order valence-corrected chi connectivity index (χ3v) is 2.86. The lowest BCUT2D eigenvalue weighted by molar-refractivity contribution is 1.33. The lowest BCUT2D eigenvalue weighted by Crippen LogP contribution is -1.83. The van der Waals surface area contributed by atoms with Crippen LogP contribution < -0.4 is 0 Å². The molecule has 0 atom stereocenters. The standard InChI is InChI=1S/C17H12N/c1-2-7-14(8-3-1)15-9-6-10-16(13-15)17-11-4-5-12-18-17/h1-2,4-13H. The maximum Gasteiger partial charge on any atom is 0.0702 e. The van der Waals surface area contributed by atoms with Crippen molar-refractivity contribution in [3.63, 3.8) is 0 Å². The minimum atomic E-state index is 0.999. The van der Waals surface area contributed by atoms with Gasteiger partial charge in [0, 0.05) is 11.8 Å². The summed E-state index contributed by atoms with van der Waals surface area (Å²) < 4.78 is 0. The van der Waals surface area contributed by atoms with E-state index >= 15 is 0 Å². The highest BCUT2D eigenvalue weighted by atomic mass is 14.7. The summed E-state index contributed by atoms with van der Waals surface area (Å²) in [6.07, 6.45) is 1.82. The van der Waals surface area contributed by atoms with E-state index in [4.69, 9.17) is 0 Å². The molecule has 0 spiro atoms. The summed E-state index contributed by atoms with van der Waals surface area (Å²) >= 11 is 0. The van der Waals surface area contributed by atoms with Crippen LogP contribution in [-0.4, -0.2) is 4.98 Å². The Morgan fingerprint density at radius 2 is 1.67 bits per heavy atom. The first-order valence-corrected chi connectivity index (χ1v) is 5.91. The number of hydrogen-bond donors (Lipinski definition) is 0. The van der Waals surface area contributed by atoms with Crippen molar-refractivity contribution in [1.82, 2.24) is 4.98 Å². The molecular weight excluding hydrogens is 218 g/mol. The van der Waals surface area contributed by atoms with Crippen molar-refractivity contribution in [2.75, 3.05) is 0 Å². The van der Waals surface area contributed by atoms with Gasteiger partial charge >= 0.3 is 0 Å². The van der Waals surface area contributed by atoms with E-state index in [0.29, 0.717) is 0 Å². The monoisotopic (exact) mass is 230 g/mol. The quantitative estimate of drug-likeness (QED) is 0.642. The average molecular weight is 230 g/mol. The Kier molecular flexibility index (Phi) is 2.89. The molecule has 0 aliphatic rings. The largest absolute Gasteiger partial charge is 0.256 e. The van der Waals surface area contributed by atoms with E-state index in [-0.39, 0.29) is 0 Å². The molecule has 0 saturated heterocycles. The first kappa shape index (κ1) is 10.7. The first-order valence-electron chi connectivity index (χ1n) is 5.91. The van der Waals surface area contributed by atoms with Crippen molar-refractivity contribution < 1.29 is 0 Å². The van der Waals surface area contributed by atoms with Crippen LogP contribution in [0.3, 0.4) is 0 Å². The molecule has 1 heterocycles. The Hall–Kier alpha value is -2.41. The van der Waals surface area contributed by atoms with Crippen molar-refractivity contribution in [2.45, 2.75) is 0 Å². The Labute approximate surface area is 107 Å². The molecule has 0 amide bonds. The van der Waals surface area contributed by atoms with Crippen LogP contribution in [0.1, 0.15) is 0 Å². The molecule has 0 aliphatic carbocycles. The Morgan fingerprint density at radius 1 is 0.778 bits per heavy atom. The highest BCUT2D eigenvalue weighted by molar-refractivity contribution is 5.71. The molecule has 18 heavy (non-hydrogen) atoms. The molecule has 0 bridgehead atoms. The Balaban J connectivity index is 2.05. The van der Waals surface area contributed by atoms with Gasteiger partial charge in [0.05, 0.1) is 5.69 Å². The highest BCUT2D eigenvalue weighted by Gasteiger charge is 2.01. The predicted octanol–water partition coefficient (Wildman–Crippen LogP) is 4.22. The third-order valence-electron chi connectivity index (χ3n) is 2.86. The summed E-state index contributed by atoms with van der Waals surface area (Å²) in [4.78, 5) is 4.38. The van der Waals surface area contributed by atoms with E-state index in [1.165, 1.54) is 11.1 Å². The lowest BCUT2D eigenvalue weighted by atomic mass is 10.0. The van der Waals surface area contributed by atoms with Crippen LogP contribution in [0.5, 0.6) is 0 Å². The Bertz CT molecular complexity index is 575. The maximum atomic E-state index is 4.38. The van der Waals surface area contributed by atoms with Gasteiger partial charge in [-0.25, -0.2) is 0 Å². The molecule has 2 aromatic carbocycles. The molecule has 1 heteroatoms. The zero-order valence-electron chi connectivity index (χ0n) is 9.88. The fourth-order valence-corrected chi connectivity index (χ4v) is 1.96. The maximum absolute atomic E-state index is 4.38. The molecule has 3 aromatic rings. The summed E-state index contributed by atoms with van der Waals surface area (Å²) in [6, 6.07) is 25.5. The number of rotatable bonds is 2. The number of nitrogens with zero attached hydrogens (tertiary/aromatic N) is 1. The van der Waals surface area contributed by atoms with Crippen LogP contribution in [0.2, 0.25) is 0 Å². The number of benzene rings is 2. The van der Waals surface area contributed by atoms with Gasteiger partial charge in [0.2, 0.25) is 0 Å². The van der Waals surface area contributed by atoms with Gasteiger partial charge in [-0.1, -0.05) is 42.5 Å². The molecule has 1 aromatic heterocycles. The summed E-state index contributed by atoms with van der Waals surface area (Å²) in [5.74, 6) is 0. The van der Waals surface area contributed by atoms with E-state index < -0.39 is 0 Å². The van der Waals surface area contributed by atoms with Gasteiger partial charge in [0.1, 0.15) is 0 Å². The van der Waals surface area contributed by atoms with E-state index in [1.54, 1.807) is 0 Å². The fraction of sp³-hybridized carbons (Fsp3) is 0. The van der Waals surface area contributed by atoms with Gasteiger partial charge in [-0.3, -0.25) is 4.98 Å². The van der Waals surface area contributed by atoms with Crippen molar-refractivity contribution in [1.29, 1.82) is 0 Å². The van der Waals surface area contributed by atoms with E-state index in [1.807, 2.05) is 42.6 Å². The molecule has 0 fully saturated rings. The van der Waals surface area contributed by atoms with Gasteiger partial charge in [-0.15, -0.1) is 0 Å². The minimum absolute atomic E-state index is 0.999. The van der Waals surface area contributed by atoms with Crippen molar-refractivity contribution >= 4 is 0 Å². The molecule has 0 unspecified atom stereocenters. The van der Waals surface area contributed by atoms with Crippen LogP contribution in [-0.2, 0) is 0 Å². The van der Waals surface area contributed by atoms with Gasteiger partial charge in [-0.05, 0) is 41.5 Å². The number of aromatic nitrogens is 1. The summed E-state index contributed by atoms with van der Waals surface area (Å²) in [6.45, 7) is 0. The van der Waals surface area contributed by atoms with Crippen LogP contribution in [0.4, 0.5) is 0 Å². The second-order valence-electron chi connectivity index (χ2n) is 4.09. The van der Waals surface area contributed by atoms with Crippen LogP contribution >= 0.6 is 0 Å². The van der Waals surface area contributed by atoms with Crippen LogP contribution in [0.25, 0.3) is 22.4 Å². The summed E-state index contributed by atoms with van der Waals surface area (Å²) in [5, 5.41) is 0. The zero-order valence-corrected chi connectivity index (χ0v) is 9.88. The molecule has 0 aliphatic heterocycles. The van der Waals surface area contributed by atoms with Gasteiger partial charge in [0.15, 0.2) is 0 Å². The number of hydrogen-bond acceptors (Lipinski definition) is 1. The van der Waals surface area contributed by atoms with E-state index in [2.05, 4.69) is 41.4 Å². The highest BCUT2D eigenvalue weighted by Crippen LogP contribution is 2.24. The normalized spacial score (nSPS) is 10.2. The lowest BCUT2D eigenvalue weighted by Gasteiger charge is -2.05. The molecule has 3 rings (SSSR count). The van der Waals surface area contributed by atoms with E-state index in [9.17, 15) is 0 Å². The van der Waals surface area contributed by atoms with Gasteiger partial charge < -0.3 is 0 Å². The molecule has 0 N–H and O–H groups in total. The van der Waals surface area contributed by atoms with Gasteiger partial charge in [-0.2, -0.15) is 0 Å². The second kappa shape index (κ2) is 4.84. The van der Waals surface area contributed by atoms with Crippen LogP contribution in [0, 0.1) is 6.07 Å².